The smallest absolute Gasteiger partial charge is 0.270 e. The molecule has 2 amide bonds. The third kappa shape index (κ3) is 3.87. The van der Waals surface area contributed by atoms with Crippen molar-refractivity contribution in [1.29, 1.82) is 0 Å². The number of nitrogens with zero attached hydrogens (tertiary/aromatic N) is 1. The molecule has 1 aromatic heterocycles. The van der Waals surface area contributed by atoms with Crippen LogP contribution in [0.25, 0.3) is 10.9 Å². The number of halogens is 2. The van der Waals surface area contributed by atoms with Crippen molar-refractivity contribution in [2.45, 2.75) is 12.8 Å². The molecule has 0 atom stereocenters. The maximum absolute atomic E-state index is 13.3. The highest BCUT2D eigenvalue weighted by atomic mass is 35.5. The van der Waals surface area contributed by atoms with Crippen molar-refractivity contribution in [2.75, 3.05) is 18.4 Å². The monoisotopic (exact) mass is 399 g/mol. The fourth-order valence-electron chi connectivity index (χ4n) is 3.54. The molecular formula is C21H19ClFN3O2. The van der Waals surface area contributed by atoms with E-state index in [1.54, 1.807) is 41.3 Å². The van der Waals surface area contributed by atoms with E-state index in [1.807, 2.05) is 0 Å². The van der Waals surface area contributed by atoms with E-state index in [4.69, 9.17) is 11.6 Å². The zero-order chi connectivity index (χ0) is 19.7. The highest BCUT2D eigenvalue weighted by Crippen LogP contribution is 2.23. The molecule has 2 aromatic carbocycles. The second kappa shape index (κ2) is 7.64. The Labute approximate surface area is 166 Å². The van der Waals surface area contributed by atoms with Crippen molar-refractivity contribution in [1.82, 2.24) is 9.88 Å². The molecule has 1 aliphatic rings. The predicted octanol–water partition coefficient (Wildman–Crippen LogP) is 4.45. The maximum atomic E-state index is 13.3. The molecule has 5 nitrogen and oxygen atoms in total. The lowest BCUT2D eigenvalue weighted by Crippen LogP contribution is -2.41. The summed E-state index contributed by atoms with van der Waals surface area (Å²) >= 11 is 5.94. The highest BCUT2D eigenvalue weighted by molar-refractivity contribution is 6.30. The highest BCUT2D eigenvalue weighted by Gasteiger charge is 2.28. The molecular weight excluding hydrogens is 381 g/mol. The Balaban J connectivity index is 1.37. The van der Waals surface area contributed by atoms with Gasteiger partial charge in [0.2, 0.25) is 5.91 Å². The lowest BCUT2D eigenvalue weighted by atomic mass is 9.95. The lowest BCUT2D eigenvalue weighted by Gasteiger charge is -2.31. The molecule has 0 aliphatic carbocycles. The fraction of sp³-hybridized carbons (Fsp3) is 0.238. The van der Waals surface area contributed by atoms with Crippen LogP contribution < -0.4 is 5.32 Å². The normalized spacial score (nSPS) is 15.0. The fourth-order valence-corrected chi connectivity index (χ4v) is 3.73. The molecule has 0 radical (unpaired) electrons. The zero-order valence-electron chi connectivity index (χ0n) is 15.0. The van der Waals surface area contributed by atoms with Crippen LogP contribution in [0.3, 0.4) is 0 Å². The number of carbonyl (C=O) groups excluding carboxylic acids is 2. The van der Waals surface area contributed by atoms with Gasteiger partial charge in [0.25, 0.3) is 5.91 Å². The quantitative estimate of drug-likeness (QED) is 0.683. The number of piperidine rings is 1. The minimum atomic E-state index is -0.336. The van der Waals surface area contributed by atoms with Crippen molar-refractivity contribution < 1.29 is 14.0 Å². The van der Waals surface area contributed by atoms with E-state index in [0.29, 0.717) is 47.7 Å². The van der Waals surface area contributed by atoms with Gasteiger partial charge < -0.3 is 15.2 Å². The first-order chi connectivity index (χ1) is 13.5. The van der Waals surface area contributed by atoms with Crippen LogP contribution in [-0.2, 0) is 4.79 Å². The average Bonchev–Trinajstić information content (AvgIpc) is 3.10. The summed E-state index contributed by atoms with van der Waals surface area (Å²) in [6.07, 6.45) is 1.18. The summed E-state index contributed by atoms with van der Waals surface area (Å²) in [5, 5.41) is 4.11. The summed E-state index contributed by atoms with van der Waals surface area (Å²) in [5.74, 6) is -0.683. The van der Waals surface area contributed by atoms with E-state index >= 15 is 0 Å². The van der Waals surface area contributed by atoms with Crippen molar-refractivity contribution >= 4 is 40.0 Å². The van der Waals surface area contributed by atoms with Gasteiger partial charge in [0, 0.05) is 40.6 Å². The van der Waals surface area contributed by atoms with Crippen LogP contribution in [0.5, 0.6) is 0 Å². The first kappa shape index (κ1) is 18.5. The second-order valence-electron chi connectivity index (χ2n) is 6.98. The maximum Gasteiger partial charge on any atom is 0.270 e. The zero-order valence-corrected chi connectivity index (χ0v) is 15.8. The van der Waals surface area contributed by atoms with E-state index in [1.165, 1.54) is 12.1 Å². The molecule has 0 bridgehead atoms. The molecule has 2 N–H and O–H groups in total. The van der Waals surface area contributed by atoms with Crippen LogP contribution in [0, 0.1) is 11.7 Å². The number of fused-ring (bicyclic) bond motifs is 1. The Bertz CT molecular complexity index is 1040. The van der Waals surface area contributed by atoms with E-state index in [-0.39, 0.29) is 23.5 Å². The number of nitrogens with one attached hydrogen (secondary N) is 2. The number of hydrogen-bond donors (Lipinski definition) is 2. The number of aromatic amines is 1. The van der Waals surface area contributed by atoms with E-state index < -0.39 is 0 Å². The van der Waals surface area contributed by atoms with Gasteiger partial charge in [-0.2, -0.15) is 0 Å². The molecule has 1 saturated heterocycles. The largest absolute Gasteiger partial charge is 0.351 e. The van der Waals surface area contributed by atoms with Gasteiger partial charge in [-0.05, 0) is 55.3 Å². The van der Waals surface area contributed by atoms with E-state index in [0.717, 1.165) is 5.52 Å². The number of benzene rings is 2. The SMILES string of the molecule is O=C(Nc1cccc(Cl)c1)C1CCN(C(=O)c2cc3cc(F)ccc3[nH]2)CC1. The number of rotatable bonds is 3. The Morgan fingerprint density at radius 3 is 2.64 bits per heavy atom. The lowest BCUT2D eigenvalue weighted by molar-refractivity contribution is -0.121. The Hall–Kier alpha value is -2.86. The first-order valence-electron chi connectivity index (χ1n) is 9.13. The molecule has 0 unspecified atom stereocenters. The van der Waals surface area contributed by atoms with Gasteiger partial charge in [0.05, 0.1) is 0 Å². The van der Waals surface area contributed by atoms with Crippen molar-refractivity contribution in [3.05, 3.63) is 65.1 Å². The molecule has 4 rings (SSSR count). The third-order valence-corrected chi connectivity index (χ3v) is 5.29. The van der Waals surface area contributed by atoms with Crippen molar-refractivity contribution in [2.24, 2.45) is 5.92 Å². The third-order valence-electron chi connectivity index (χ3n) is 5.06. The molecule has 1 aliphatic heterocycles. The number of H-pyrrole nitrogens is 1. The second-order valence-corrected chi connectivity index (χ2v) is 7.42. The summed E-state index contributed by atoms with van der Waals surface area (Å²) < 4.78 is 13.3. The van der Waals surface area contributed by atoms with Crippen LogP contribution in [0.15, 0.2) is 48.5 Å². The first-order valence-corrected chi connectivity index (χ1v) is 9.51. The number of likely N-dealkylation sites (tertiary alicyclic amines) is 1. The average molecular weight is 400 g/mol. The molecule has 3 aromatic rings. The topological polar surface area (TPSA) is 65.2 Å². The van der Waals surface area contributed by atoms with Gasteiger partial charge in [-0.1, -0.05) is 17.7 Å². The minimum Gasteiger partial charge on any atom is -0.351 e. The van der Waals surface area contributed by atoms with Gasteiger partial charge in [0.15, 0.2) is 0 Å². The van der Waals surface area contributed by atoms with Crippen LogP contribution in [0.2, 0.25) is 5.02 Å². The molecule has 7 heteroatoms. The molecule has 2 heterocycles. The Morgan fingerprint density at radius 1 is 1.11 bits per heavy atom. The van der Waals surface area contributed by atoms with Gasteiger partial charge in [-0.15, -0.1) is 0 Å². The van der Waals surface area contributed by atoms with Gasteiger partial charge in [-0.3, -0.25) is 9.59 Å². The molecule has 28 heavy (non-hydrogen) atoms. The molecule has 0 saturated carbocycles. The minimum absolute atomic E-state index is 0.0598. The van der Waals surface area contributed by atoms with Gasteiger partial charge >= 0.3 is 0 Å². The summed E-state index contributed by atoms with van der Waals surface area (Å²) in [7, 11) is 0. The summed E-state index contributed by atoms with van der Waals surface area (Å²) in [6.45, 7) is 0.992. The number of carbonyl (C=O) groups is 2. The van der Waals surface area contributed by atoms with E-state index in [2.05, 4.69) is 10.3 Å². The van der Waals surface area contributed by atoms with Crippen molar-refractivity contribution in [3.63, 3.8) is 0 Å². The van der Waals surface area contributed by atoms with Gasteiger partial charge in [-0.25, -0.2) is 4.39 Å². The number of amides is 2. The Kier molecular flexibility index (Phi) is 5.05. The standard InChI is InChI=1S/C21H19ClFN3O2/c22-15-2-1-3-17(12-15)24-20(27)13-6-8-26(9-7-13)21(28)19-11-14-10-16(23)4-5-18(14)25-19/h1-5,10-13,25H,6-9H2,(H,24,27). The van der Waals surface area contributed by atoms with Crippen molar-refractivity contribution in [3.8, 4) is 0 Å². The van der Waals surface area contributed by atoms with Crippen LogP contribution in [0.4, 0.5) is 10.1 Å². The molecule has 1 fully saturated rings. The van der Waals surface area contributed by atoms with Crippen LogP contribution >= 0.6 is 11.6 Å². The molecule has 0 spiro atoms. The molecule has 144 valence electrons. The predicted molar refractivity (Wildman–Crippen MR) is 107 cm³/mol. The summed E-state index contributed by atoms with van der Waals surface area (Å²) in [6, 6.07) is 13.1. The Morgan fingerprint density at radius 2 is 1.89 bits per heavy atom. The van der Waals surface area contributed by atoms with Gasteiger partial charge in [0.1, 0.15) is 11.5 Å². The van der Waals surface area contributed by atoms with Crippen LogP contribution in [0.1, 0.15) is 23.3 Å². The summed E-state index contributed by atoms with van der Waals surface area (Å²) in [4.78, 5) is 30.0. The summed E-state index contributed by atoms with van der Waals surface area (Å²) in [5.41, 5.74) is 1.82. The number of hydrogen-bond acceptors (Lipinski definition) is 2. The van der Waals surface area contributed by atoms with Crippen LogP contribution in [-0.4, -0.2) is 34.8 Å². The number of anilines is 1. The van der Waals surface area contributed by atoms with E-state index in [9.17, 15) is 14.0 Å². The number of aromatic nitrogens is 1.